The number of anilines is 4. The van der Waals surface area contributed by atoms with Crippen molar-refractivity contribution in [2.45, 2.75) is 11.8 Å². The van der Waals surface area contributed by atoms with Gasteiger partial charge in [-0.05, 0) is 60.3 Å². The minimum atomic E-state index is -3.37. The number of aromatic nitrogens is 3. The summed E-state index contributed by atoms with van der Waals surface area (Å²) in [5.41, 5.74) is 1.34. The topological polar surface area (TPSA) is 106 Å². The number of sulfone groups is 1. The average molecular weight is 436 g/mol. The molecule has 2 N–H and O–H groups in total. The highest BCUT2D eigenvalue weighted by atomic mass is 32.2. The molecular formula is C22H21N5O3S. The van der Waals surface area contributed by atoms with Crippen molar-refractivity contribution in [3.05, 3.63) is 76.8 Å². The molecule has 0 amide bonds. The first-order valence-corrected chi connectivity index (χ1v) is 11.4. The monoisotopic (exact) mass is 435 g/mol. The summed E-state index contributed by atoms with van der Waals surface area (Å²) in [6, 6.07) is 13.8. The van der Waals surface area contributed by atoms with Gasteiger partial charge in [-0.1, -0.05) is 6.07 Å². The van der Waals surface area contributed by atoms with E-state index in [9.17, 15) is 13.2 Å². The van der Waals surface area contributed by atoms with Crippen LogP contribution in [-0.4, -0.2) is 29.2 Å². The summed E-state index contributed by atoms with van der Waals surface area (Å²) < 4.78 is 25.3. The molecule has 3 heterocycles. The molecule has 0 aliphatic rings. The molecular weight excluding hydrogens is 414 g/mol. The van der Waals surface area contributed by atoms with Crippen molar-refractivity contribution in [1.29, 1.82) is 0 Å². The van der Waals surface area contributed by atoms with E-state index in [-0.39, 0.29) is 10.5 Å². The van der Waals surface area contributed by atoms with Gasteiger partial charge >= 0.3 is 0 Å². The molecule has 8 nitrogen and oxygen atoms in total. The van der Waals surface area contributed by atoms with E-state index in [1.807, 2.05) is 25.1 Å². The highest BCUT2D eigenvalue weighted by molar-refractivity contribution is 7.90. The van der Waals surface area contributed by atoms with Crippen LogP contribution in [0.3, 0.4) is 0 Å². The van der Waals surface area contributed by atoms with Gasteiger partial charge in [0.2, 0.25) is 0 Å². The minimum absolute atomic E-state index is 0.174. The first kappa shape index (κ1) is 20.5. The van der Waals surface area contributed by atoms with Gasteiger partial charge in [0.05, 0.1) is 10.3 Å². The highest BCUT2D eigenvalue weighted by Crippen LogP contribution is 2.27. The highest BCUT2D eigenvalue weighted by Gasteiger charge is 2.13. The maximum absolute atomic E-state index is 12.8. The van der Waals surface area contributed by atoms with E-state index in [0.717, 1.165) is 11.8 Å². The lowest BCUT2D eigenvalue weighted by atomic mass is 10.2. The zero-order valence-corrected chi connectivity index (χ0v) is 18.1. The fraction of sp³-hybridized carbons (Fsp3) is 0.136. The van der Waals surface area contributed by atoms with Gasteiger partial charge in [-0.2, -0.15) is 0 Å². The maximum Gasteiger partial charge on any atom is 0.261 e. The van der Waals surface area contributed by atoms with E-state index in [1.165, 1.54) is 16.7 Å². The molecule has 0 radical (unpaired) electrons. The molecule has 31 heavy (non-hydrogen) atoms. The van der Waals surface area contributed by atoms with E-state index in [0.29, 0.717) is 33.9 Å². The van der Waals surface area contributed by atoms with E-state index < -0.39 is 9.84 Å². The van der Waals surface area contributed by atoms with Crippen LogP contribution in [0.15, 0.2) is 70.6 Å². The van der Waals surface area contributed by atoms with Gasteiger partial charge in [0, 0.05) is 31.4 Å². The molecule has 0 atom stereocenters. The quantitative estimate of drug-likeness (QED) is 0.494. The molecule has 0 aliphatic carbocycles. The van der Waals surface area contributed by atoms with Crippen LogP contribution in [0.4, 0.5) is 23.1 Å². The number of nitrogens with zero attached hydrogens (tertiary/aromatic N) is 3. The van der Waals surface area contributed by atoms with Crippen LogP contribution in [0.1, 0.15) is 5.56 Å². The largest absolute Gasteiger partial charge is 0.339 e. The zero-order chi connectivity index (χ0) is 22.2. The third kappa shape index (κ3) is 4.41. The van der Waals surface area contributed by atoms with Crippen LogP contribution in [0.5, 0.6) is 0 Å². The van der Waals surface area contributed by atoms with Gasteiger partial charge in [0.15, 0.2) is 9.84 Å². The zero-order valence-electron chi connectivity index (χ0n) is 17.2. The predicted molar refractivity (Wildman–Crippen MR) is 122 cm³/mol. The predicted octanol–water partition coefficient (Wildman–Crippen LogP) is 3.53. The van der Waals surface area contributed by atoms with Crippen LogP contribution in [0.25, 0.3) is 10.8 Å². The molecule has 0 saturated carbocycles. The second-order valence-corrected chi connectivity index (χ2v) is 9.34. The molecule has 0 saturated heterocycles. The maximum atomic E-state index is 12.8. The first-order valence-electron chi connectivity index (χ1n) is 9.48. The number of pyridine rings is 3. The molecule has 4 aromatic rings. The summed E-state index contributed by atoms with van der Waals surface area (Å²) in [5, 5.41) is 7.37. The van der Waals surface area contributed by atoms with Crippen molar-refractivity contribution in [2.24, 2.45) is 7.05 Å². The van der Waals surface area contributed by atoms with Gasteiger partial charge in [-0.25, -0.2) is 18.4 Å². The third-order valence-electron chi connectivity index (χ3n) is 4.76. The Morgan fingerprint density at radius 2 is 1.81 bits per heavy atom. The summed E-state index contributed by atoms with van der Waals surface area (Å²) >= 11 is 0. The van der Waals surface area contributed by atoms with E-state index in [1.54, 1.807) is 37.6 Å². The Hall–Kier alpha value is -3.72. The third-order valence-corrected chi connectivity index (χ3v) is 5.87. The normalized spacial score (nSPS) is 11.5. The van der Waals surface area contributed by atoms with Gasteiger partial charge in [0.25, 0.3) is 5.56 Å². The number of benzene rings is 1. The molecule has 0 bridgehead atoms. The van der Waals surface area contributed by atoms with Crippen LogP contribution in [0.2, 0.25) is 0 Å². The molecule has 0 fully saturated rings. The SMILES string of the molecule is Cc1ccnc(Nc2cc3ccn(C)c(=O)c3c(Nc3cccc(S(C)(=O)=O)c3)n2)c1. The summed E-state index contributed by atoms with van der Waals surface area (Å²) in [6.45, 7) is 1.96. The Balaban J connectivity index is 1.84. The van der Waals surface area contributed by atoms with E-state index in [2.05, 4.69) is 20.6 Å². The lowest BCUT2D eigenvalue weighted by Gasteiger charge is -2.13. The Morgan fingerprint density at radius 3 is 2.55 bits per heavy atom. The van der Waals surface area contributed by atoms with E-state index in [4.69, 9.17) is 0 Å². The van der Waals surface area contributed by atoms with Crippen molar-refractivity contribution < 1.29 is 8.42 Å². The molecule has 0 aliphatic heterocycles. The first-order chi connectivity index (χ1) is 14.7. The van der Waals surface area contributed by atoms with Crippen molar-refractivity contribution in [2.75, 3.05) is 16.9 Å². The molecule has 4 rings (SSSR count). The average Bonchev–Trinajstić information content (AvgIpc) is 2.70. The van der Waals surface area contributed by atoms with E-state index >= 15 is 0 Å². The summed E-state index contributed by atoms with van der Waals surface area (Å²) in [4.78, 5) is 21.9. The molecule has 0 spiro atoms. The summed E-state index contributed by atoms with van der Waals surface area (Å²) in [5.74, 6) is 1.45. The molecule has 3 aromatic heterocycles. The molecule has 9 heteroatoms. The smallest absolute Gasteiger partial charge is 0.261 e. The number of fused-ring (bicyclic) bond motifs is 1. The number of aryl methyl sites for hydroxylation is 2. The van der Waals surface area contributed by atoms with Gasteiger partial charge in [0.1, 0.15) is 17.5 Å². The Kier molecular flexibility index (Phi) is 5.20. The van der Waals surface area contributed by atoms with Crippen molar-refractivity contribution >= 4 is 43.8 Å². The number of nitrogens with one attached hydrogen (secondary N) is 2. The van der Waals surface area contributed by atoms with Crippen LogP contribution in [-0.2, 0) is 16.9 Å². The minimum Gasteiger partial charge on any atom is -0.339 e. The second-order valence-electron chi connectivity index (χ2n) is 7.32. The standard InChI is InChI=1S/C22H21N5O3S/c1-14-7-9-23-18(11-14)25-19-12-15-8-10-27(2)22(28)20(15)21(26-19)24-16-5-4-6-17(13-16)31(3,29)30/h4-13H,1-3H3,(H2,23,24,25,26). The van der Waals surface area contributed by atoms with Crippen LogP contribution < -0.4 is 16.2 Å². The number of rotatable bonds is 5. The van der Waals surface area contributed by atoms with Crippen LogP contribution in [0, 0.1) is 6.92 Å². The fourth-order valence-electron chi connectivity index (χ4n) is 3.19. The fourth-order valence-corrected chi connectivity index (χ4v) is 3.86. The van der Waals surface area contributed by atoms with Crippen LogP contribution >= 0.6 is 0 Å². The van der Waals surface area contributed by atoms with Crippen molar-refractivity contribution in [3.63, 3.8) is 0 Å². The Morgan fingerprint density at radius 1 is 1.00 bits per heavy atom. The second kappa shape index (κ2) is 7.84. The Labute approximate surface area is 179 Å². The lowest BCUT2D eigenvalue weighted by Crippen LogP contribution is -2.17. The van der Waals surface area contributed by atoms with Gasteiger partial charge in [-0.3, -0.25) is 4.79 Å². The Bertz CT molecular complexity index is 1460. The molecule has 158 valence electrons. The number of hydrogen-bond acceptors (Lipinski definition) is 7. The molecule has 0 unspecified atom stereocenters. The van der Waals surface area contributed by atoms with Crippen molar-refractivity contribution in [1.82, 2.24) is 14.5 Å². The van der Waals surface area contributed by atoms with Crippen molar-refractivity contribution in [3.8, 4) is 0 Å². The lowest BCUT2D eigenvalue weighted by molar-refractivity contribution is 0.602. The summed E-state index contributed by atoms with van der Waals surface area (Å²) in [6.07, 6.45) is 4.53. The van der Waals surface area contributed by atoms with Gasteiger partial charge in [-0.15, -0.1) is 0 Å². The van der Waals surface area contributed by atoms with Gasteiger partial charge < -0.3 is 15.2 Å². The summed E-state index contributed by atoms with van der Waals surface area (Å²) in [7, 11) is -1.71. The number of hydrogen-bond donors (Lipinski definition) is 2. The molecule has 1 aromatic carbocycles.